The monoisotopic (exact) mass is 315 g/mol. The van der Waals surface area contributed by atoms with Crippen LogP contribution in [0.5, 0.6) is 0 Å². The molecule has 3 heteroatoms. The summed E-state index contributed by atoms with van der Waals surface area (Å²) in [7, 11) is 0. The van der Waals surface area contributed by atoms with Gasteiger partial charge in [-0.05, 0) is 42.6 Å². The number of hydrogen-bond donors (Lipinski definition) is 1. The predicted octanol–water partition coefficient (Wildman–Crippen LogP) is 6.25. The number of unbranched alkanes of at least 4 members (excludes halogenated alkanes) is 1. The fourth-order valence-electron chi connectivity index (χ4n) is 2.66. The lowest BCUT2D eigenvalue weighted by Crippen LogP contribution is -2.24. The highest BCUT2D eigenvalue weighted by atomic mass is 35.5. The van der Waals surface area contributed by atoms with Crippen molar-refractivity contribution in [1.29, 1.82) is 0 Å². The van der Waals surface area contributed by atoms with Crippen molar-refractivity contribution in [1.82, 2.24) is 5.32 Å². The Morgan fingerprint density at radius 1 is 1.15 bits per heavy atom. The largest absolute Gasteiger partial charge is 0.310 e. The summed E-state index contributed by atoms with van der Waals surface area (Å²) in [5, 5.41) is 5.13. The van der Waals surface area contributed by atoms with E-state index in [0.717, 1.165) is 34.5 Å². The summed E-state index contributed by atoms with van der Waals surface area (Å²) < 4.78 is 0. The minimum Gasteiger partial charge on any atom is -0.310 e. The molecule has 0 aliphatic rings. The molecule has 0 spiro atoms. The Hall–Kier alpha value is -0.240. The highest BCUT2D eigenvalue weighted by Crippen LogP contribution is 2.32. The lowest BCUT2D eigenvalue weighted by atomic mass is 9.89. The molecule has 2 unspecified atom stereocenters. The van der Waals surface area contributed by atoms with E-state index in [-0.39, 0.29) is 0 Å². The molecule has 0 radical (unpaired) electrons. The van der Waals surface area contributed by atoms with Gasteiger partial charge in [-0.25, -0.2) is 0 Å². The Bertz CT molecular complexity index is 393. The van der Waals surface area contributed by atoms with Gasteiger partial charge in [0.15, 0.2) is 0 Å². The fourth-order valence-corrected chi connectivity index (χ4v) is 3.09. The average molecular weight is 316 g/mol. The Balaban J connectivity index is 2.84. The van der Waals surface area contributed by atoms with Crippen LogP contribution in [0.3, 0.4) is 0 Å². The van der Waals surface area contributed by atoms with E-state index >= 15 is 0 Å². The first-order valence-electron chi connectivity index (χ1n) is 7.80. The molecule has 1 rings (SSSR count). The highest BCUT2D eigenvalue weighted by Gasteiger charge is 2.18. The van der Waals surface area contributed by atoms with E-state index in [0.29, 0.717) is 6.04 Å². The molecule has 0 aliphatic carbocycles. The molecular weight excluding hydrogens is 289 g/mol. The summed E-state index contributed by atoms with van der Waals surface area (Å²) in [4.78, 5) is 0. The van der Waals surface area contributed by atoms with Crippen molar-refractivity contribution < 1.29 is 0 Å². The maximum Gasteiger partial charge on any atom is 0.0454 e. The predicted molar refractivity (Wildman–Crippen MR) is 90.8 cm³/mol. The van der Waals surface area contributed by atoms with E-state index < -0.39 is 0 Å². The SMILES string of the molecule is CCCCC(CC)CC(NCC)c1cc(Cl)ccc1Cl. The van der Waals surface area contributed by atoms with Gasteiger partial charge in [0.25, 0.3) is 0 Å². The summed E-state index contributed by atoms with van der Waals surface area (Å²) in [6.45, 7) is 7.61. The molecule has 1 nitrogen and oxygen atoms in total. The second-order valence-corrected chi connectivity index (χ2v) is 6.27. The zero-order valence-corrected chi connectivity index (χ0v) is 14.4. The molecule has 0 saturated carbocycles. The molecule has 0 aromatic heterocycles. The third-order valence-electron chi connectivity index (χ3n) is 3.90. The third kappa shape index (κ3) is 5.63. The molecule has 0 bridgehead atoms. The molecule has 1 aromatic rings. The van der Waals surface area contributed by atoms with Crippen LogP contribution in [0.15, 0.2) is 18.2 Å². The summed E-state index contributed by atoms with van der Waals surface area (Å²) in [5.74, 6) is 0.744. The Kier molecular flexibility index (Phi) is 8.60. The van der Waals surface area contributed by atoms with Gasteiger partial charge in [0.2, 0.25) is 0 Å². The van der Waals surface area contributed by atoms with E-state index in [2.05, 4.69) is 26.1 Å². The second-order valence-electron chi connectivity index (χ2n) is 5.43. The van der Waals surface area contributed by atoms with Gasteiger partial charge in [-0.15, -0.1) is 0 Å². The van der Waals surface area contributed by atoms with Gasteiger partial charge >= 0.3 is 0 Å². The minimum absolute atomic E-state index is 0.299. The number of hydrogen-bond acceptors (Lipinski definition) is 1. The second kappa shape index (κ2) is 9.65. The fraction of sp³-hybridized carbons (Fsp3) is 0.647. The van der Waals surface area contributed by atoms with E-state index in [1.165, 1.54) is 25.7 Å². The molecule has 0 aliphatic heterocycles. The van der Waals surface area contributed by atoms with Crippen molar-refractivity contribution in [2.45, 2.75) is 58.9 Å². The van der Waals surface area contributed by atoms with Crippen molar-refractivity contribution in [3.8, 4) is 0 Å². The maximum absolute atomic E-state index is 6.36. The van der Waals surface area contributed by atoms with Crippen molar-refractivity contribution in [3.05, 3.63) is 33.8 Å². The molecule has 20 heavy (non-hydrogen) atoms. The Morgan fingerprint density at radius 2 is 1.90 bits per heavy atom. The van der Waals surface area contributed by atoms with Crippen LogP contribution in [-0.2, 0) is 0 Å². The van der Waals surface area contributed by atoms with Crippen LogP contribution in [0.4, 0.5) is 0 Å². The summed E-state index contributed by atoms with van der Waals surface area (Å²) in [5.41, 5.74) is 1.14. The number of rotatable bonds is 9. The van der Waals surface area contributed by atoms with Crippen molar-refractivity contribution >= 4 is 23.2 Å². The van der Waals surface area contributed by atoms with Gasteiger partial charge in [0.1, 0.15) is 0 Å². The van der Waals surface area contributed by atoms with E-state index in [1.807, 2.05) is 18.2 Å². The molecule has 1 aromatic carbocycles. The molecule has 1 N–H and O–H groups in total. The van der Waals surface area contributed by atoms with Gasteiger partial charge in [0.05, 0.1) is 0 Å². The van der Waals surface area contributed by atoms with E-state index in [4.69, 9.17) is 23.2 Å². The van der Waals surface area contributed by atoms with Crippen LogP contribution in [0.2, 0.25) is 10.0 Å². The van der Waals surface area contributed by atoms with Crippen LogP contribution in [0.1, 0.15) is 64.5 Å². The third-order valence-corrected chi connectivity index (χ3v) is 4.48. The van der Waals surface area contributed by atoms with Crippen LogP contribution >= 0.6 is 23.2 Å². The highest BCUT2D eigenvalue weighted by molar-refractivity contribution is 6.33. The van der Waals surface area contributed by atoms with E-state index in [9.17, 15) is 0 Å². The first-order chi connectivity index (χ1) is 9.62. The topological polar surface area (TPSA) is 12.0 Å². The van der Waals surface area contributed by atoms with Gasteiger partial charge in [-0.3, -0.25) is 0 Å². The average Bonchev–Trinajstić information content (AvgIpc) is 2.45. The van der Waals surface area contributed by atoms with Gasteiger partial charge in [0, 0.05) is 16.1 Å². The quantitative estimate of drug-likeness (QED) is 0.567. The number of benzene rings is 1. The number of nitrogens with one attached hydrogen (secondary N) is 1. The first kappa shape index (κ1) is 17.8. The number of halogens is 2. The van der Waals surface area contributed by atoms with Gasteiger partial charge in [-0.1, -0.05) is 69.7 Å². The minimum atomic E-state index is 0.299. The molecule has 0 saturated heterocycles. The van der Waals surface area contributed by atoms with Crippen molar-refractivity contribution in [2.24, 2.45) is 5.92 Å². The van der Waals surface area contributed by atoms with Gasteiger partial charge in [-0.2, -0.15) is 0 Å². The lowest BCUT2D eigenvalue weighted by Gasteiger charge is -2.25. The lowest BCUT2D eigenvalue weighted by molar-refractivity contribution is 0.357. The van der Waals surface area contributed by atoms with Gasteiger partial charge < -0.3 is 5.32 Å². The maximum atomic E-state index is 6.36. The summed E-state index contributed by atoms with van der Waals surface area (Å²) in [6.07, 6.45) is 6.22. The summed E-state index contributed by atoms with van der Waals surface area (Å²) in [6, 6.07) is 6.05. The van der Waals surface area contributed by atoms with Crippen LogP contribution in [-0.4, -0.2) is 6.54 Å². The molecular formula is C17H27Cl2N. The standard InChI is InChI=1S/C17H27Cl2N/c1-4-7-8-13(5-2)11-17(20-6-3)15-12-14(18)9-10-16(15)19/h9-10,12-13,17,20H,4-8,11H2,1-3H3. The Morgan fingerprint density at radius 3 is 2.50 bits per heavy atom. The first-order valence-corrected chi connectivity index (χ1v) is 8.56. The molecule has 0 heterocycles. The van der Waals surface area contributed by atoms with E-state index in [1.54, 1.807) is 0 Å². The molecule has 2 atom stereocenters. The molecule has 0 fully saturated rings. The van der Waals surface area contributed by atoms with Crippen LogP contribution < -0.4 is 5.32 Å². The van der Waals surface area contributed by atoms with Crippen LogP contribution in [0.25, 0.3) is 0 Å². The molecule has 0 amide bonds. The van der Waals surface area contributed by atoms with Crippen LogP contribution in [0, 0.1) is 5.92 Å². The smallest absolute Gasteiger partial charge is 0.0454 e. The zero-order chi connectivity index (χ0) is 15.0. The summed E-state index contributed by atoms with van der Waals surface area (Å²) >= 11 is 12.5. The Labute approximate surface area is 134 Å². The van der Waals surface area contributed by atoms with Crippen molar-refractivity contribution in [2.75, 3.05) is 6.54 Å². The van der Waals surface area contributed by atoms with Crippen molar-refractivity contribution in [3.63, 3.8) is 0 Å². The normalized spacial score (nSPS) is 14.2. The zero-order valence-electron chi connectivity index (χ0n) is 12.9. The molecule has 114 valence electrons.